The molecule has 2 aromatic carbocycles. The monoisotopic (exact) mass is 312 g/mol. The fraction of sp³-hybridized carbons (Fsp3) is 0.222. The molecule has 3 nitrogen and oxygen atoms in total. The van der Waals surface area contributed by atoms with Crippen molar-refractivity contribution in [1.82, 2.24) is 0 Å². The van der Waals surface area contributed by atoms with Gasteiger partial charge in [0.1, 0.15) is 0 Å². The van der Waals surface area contributed by atoms with Gasteiger partial charge in [0.2, 0.25) is 0 Å². The van der Waals surface area contributed by atoms with Crippen molar-refractivity contribution in [2.45, 2.75) is 23.5 Å². The zero-order valence-corrected chi connectivity index (χ0v) is 12.8. The zero-order valence-electron chi connectivity index (χ0n) is 12.0. The summed E-state index contributed by atoms with van der Waals surface area (Å²) < 4.78 is 0. The number of hydrogen-bond acceptors (Lipinski definition) is 3. The molecule has 1 aliphatic carbocycles. The molecule has 2 aromatic rings. The van der Waals surface area contributed by atoms with E-state index in [-0.39, 0.29) is 11.7 Å². The summed E-state index contributed by atoms with van der Waals surface area (Å²) in [4.78, 5) is 24.0. The lowest BCUT2D eigenvalue weighted by molar-refractivity contribution is 0.0696. The SMILES string of the molecule is O=C(O)c1cccc(CSc2ccc(C(=O)C3CC3)cc2)c1. The van der Waals surface area contributed by atoms with Crippen molar-refractivity contribution in [3.05, 3.63) is 65.2 Å². The Balaban J connectivity index is 1.62. The molecular weight excluding hydrogens is 296 g/mol. The smallest absolute Gasteiger partial charge is 0.335 e. The van der Waals surface area contributed by atoms with E-state index in [0.717, 1.165) is 28.9 Å². The summed E-state index contributed by atoms with van der Waals surface area (Å²) in [5.41, 5.74) is 2.08. The van der Waals surface area contributed by atoms with Crippen molar-refractivity contribution >= 4 is 23.5 Å². The van der Waals surface area contributed by atoms with Crippen LogP contribution in [0.25, 0.3) is 0 Å². The molecule has 0 atom stereocenters. The Morgan fingerprint density at radius 3 is 2.41 bits per heavy atom. The van der Waals surface area contributed by atoms with Gasteiger partial charge < -0.3 is 5.11 Å². The standard InChI is InChI=1S/C18H16O3S/c19-17(13-4-5-13)14-6-8-16(9-7-14)22-11-12-2-1-3-15(10-12)18(20)21/h1-3,6-10,13H,4-5,11H2,(H,20,21). The summed E-state index contributed by atoms with van der Waals surface area (Å²) in [6.07, 6.45) is 2.05. The molecule has 1 saturated carbocycles. The number of ketones is 1. The molecule has 0 radical (unpaired) electrons. The predicted molar refractivity (Wildman–Crippen MR) is 86.5 cm³/mol. The molecule has 0 aromatic heterocycles. The maximum Gasteiger partial charge on any atom is 0.335 e. The Morgan fingerprint density at radius 2 is 1.77 bits per heavy atom. The highest BCUT2D eigenvalue weighted by Crippen LogP contribution is 2.33. The number of carboxylic acids is 1. The van der Waals surface area contributed by atoms with Crippen LogP contribution >= 0.6 is 11.8 Å². The van der Waals surface area contributed by atoms with E-state index in [4.69, 9.17) is 5.11 Å². The summed E-state index contributed by atoms with van der Waals surface area (Å²) in [7, 11) is 0. The topological polar surface area (TPSA) is 54.4 Å². The van der Waals surface area contributed by atoms with Crippen LogP contribution in [-0.2, 0) is 5.75 Å². The molecule has 112 valence electrons. The third-order valence-corrected chi connectivity index (χ3v) is 4.75. The zero-order chi connectivity index (χ0) is 15.5. The number of thioether (sulfide) groups is 1. The Bertz CT molecular complexity index is 703. The molecule has 1 N–H and O–H groups in total. The van der Waals surface area contributed by atoms with Gasteiger partial charge in [0, 0.05) is 22.1 Å². The summed E-state index contributed by atoms with van der Waals surface area (Å²) in [5.74, 6) is 0.301. The molecule has 1 aliphatic rings. The minimum absolute atomic E-state index is 0.247. The first-order valence-corrected chi connectivity index (χ1v) is 8.21. The van der Waals surface area contributed by atoms with Crippen LogP contribution in [-0.4, -0.2) is 16.9 Å². The molecule has 1 fully saturated rings. The molecular formula is C18H16O3S. The van der Waals surface area contributed by atoms with Gasteiger partial charge in [0.15, 0.2) is 5.78 Å². The molecule has 0 spiro atoms. The normalized spacial score (nSPS) is 13.8. The molecule has 0 saturated heterocycles. The van der Waals surface area contributed by atoms with Gasteiger partial charge in [-0.15, -0.1) is 11.8 Å². The number of rotatable bonds is 6. The van der Waals surface area contributed by atoms with Crippen LogP contribution < -0.4 is 0 Å². The predicted octanol–water partition coefficient (Wildman–Crippen LogP) is 4.27. The van der Waals surface area contributed by atoms with Crippen LogP contribution in [0.3, 0.4) is 0 Å². The summed E-state index contributed by atoms with van der Waals surface area (Å²) in [5, 5.41) is 8.99. The van der Waals surface area contributed by atoms with E-state index in [9.17, 15) is 9.59 Å². The van der Waals surface area contributed by atoms with Crippen molar-refractivity contribution in [1.29, 1.82) is 0 Å². The Kier molecular flexibility index (Phi) is 4.29. The number of benzene rings is 2. The second-order valence-corrected chi connectivity index (χ2v) is 6.51. The number of carbonyl (C=O) groups is 2. The fourth-order valence-corrected chi connectivity index (χ4v) is 3.10. The number of Topliss-reactive ketones (excluding diaryl/α,β-unsaturated/α-hetero) is 1. The van der Waals surface area contributed by atoms with Gasteiger partial charge in [-0.2, -0.15) is 0 Å². The first-order valence-electron chi connectivity index (χ1n) is 7.23. The minimum Gasteiger partial charge on any atom is -0.478 e. The van der Waals surface area contributed by atoms with Gasteiger partial charge in [-0.3, -0.25) is 4.79 Å². The van der Waals surface area contributed by atoms with Crippen molar-refractivity contribution in [2.75, 3.05) is 0 Å². The van der Waals surface area contributed by atoms with Crippen molar-refractivity contribution in [2.24, 2.45) is 5.92 Å². The maximum absolute atomic E-state index is 11.9. The van der Waals surface area contributed by atoms with Gasteiger partial charge in [0.25, 0.3) is 0 Å². The highest BCUT2D eigenvalue weighted by atomic mass is 32.2. The minimum atomic E-state index is -0.908. The maximum atomic E-state index is 11.9. The number of aromatic carboxylic acids is 1. The van der Waals surface area contributed by atoms with Crippen molar-refractivity contribution in [3.63, 3.8) is 0 Å². The van der Waals surface area contributed by atoms with Crippen molar-refractivity contribution in [3.8, 4) is 0 Å². The Morgan fingerprint density at radius 1 is 1.05 bits per heavy atom. The highest BCUT2D eigenvalue weighted by Gasteiger charge is 2.30. The number of carbonyl (C=O) groups excluding carboxylic acids is 1. The van der Waals surface area contributed by atoms with Crippen LogP contribution in [0.4, 0.5) is 0 Å². The average molecular weight is 312 g/mol. The summed E-state index contributed by atoms with van der Waals surface area (Å²) in [6, 6.07) is 14.7. The molecule has 0 bridgehead atoms. The molecule has 4 heteroatoms. The van der Waals surface area contributed by atoms with E-state index in [2.05, 4.69) is 0 Å². The lowest BCUT2D eigenvalue weighted by Crippen LogP contribution is -2.00. The molecule has 0 aliphatic heterocycles. The largest absolute Gasteiger partial charge is 0.478 e. The van der Waals surface area contributed by atoms with Gasteiger partial charge >= 0.3 is 5.97 Å². The first kappa shape index (κ1) is 14.9. The average Bonchev–Trinajstić information content (AvgIpc) is 3.38. The number of carboxylic acid groups (broad SMARTS) is 1. The molecule has 0 amide bonds. The van der Waals surface area contributed by atoms with E-state index in [1.54, 1.807) is 30.0 Å². The second kappa shape index (κ2) is 6.36. The van der Waals surface area contributed by atoms with Gasteiger partial charge in [0.05, 0.1) is 5.56 Å². The third-order valence-electron chi connectivity index (χ3n) is 3.67. The molecule has 3 rings (SSSR count). The first-order chi connectivity index (χ1) is 10.6. The van der Waals surface area contributed by atoms with Crippen LogP contribution in [0.5, 0.6) is 0 Å². The summed E-state index contributed by atoms with van der Waals surface area (Å²) in [6.45, 7) is 0. The summed E-state index contributed by atoms with van der Waals surface area (Å²) >= 11 is 1.63. The third kappa shape index (κ3) is 3.57. The van der Waals surface area contributed by atoms with E-state index in [1.165, 1.54) is 0 Å². The Hall–Kier alpha value is -2.07. The van der Waals surface area contributed by atoms with E-state index >= 15 is 0 Å². The Labute approximate surface area is 133 Å². The van der Waals surface area contributed by atoms with E-state index in [1.807, 2.05) is 30.3 Å². The van der Waals surface area contributed by atoms with Gasteiger partial charge in [-0.05, 0) is 42.7 Å². The fourth-order valence-electron chi connectivity index (χ4n) is 2.26. The van der Waals surface area contributed by atoms with Crippen LogP contribution in [0, 0.1) is 5.92 Å². The van der Waals surface area contributed by atoms with Gasteiger partial charge in [-0.25, -0.2) is 4.79 Å². The molecule has 0 unspecified atom stereocenters. The lowest BCUT2D eigenvalue weighted by Gasteiger charge is -2.05. The van der Waals surface area contributed by atoms with E-state index in [0.29, 0.717) is 11.3 Å². The quantitative estimate of drug-likeness (QED) is 0.639. The molecule has 0 heterocycles. The number of hydrogen-bond donors (Lipinski definition) is 1. The van der Waals surface area contributed by atoms with E-state index < -0.39 is 5.97 Å². The highest BCUT2D eigenvalue weighted by molar-refractivity contribution is 7.98. The van der Waals surface area contributed by atoms with Crippen molar-refractivity contribution < 1.29 is 14.7 Å². The van der Waals surface area contributed by atoms with Gasteiger partial charge in [-0.1, -0.05) is 24.3 Å². The second-order valence-electron chi connectivity index (χ2n) is 5.46. The van der Waals surface area contributed by atoms with Crippen LogP contribution in [0.2, 0.25) is 0 Å². The lowest BCUT2D eigenvalue weighted by atomic mass is 10.1. The van der Waals surface area contributed by atoms with Crippen LogP contribution in [0.1, 0.15) is 39.1 Å². The van der Waals surface area contributed by atoms with Crippen LogP contribution in [0.15, 0.2) is 53.4 Å². The molecule has 22 heavy (non-hydrogen) atoms.